The van der Waals surface area contributed by atoms with Gasteiger partial charge in [0.25, 0.3) is 0 Å². The van der Waals surface area contributed by atoms with Gasteiger partial charge in [0.1, 0.15) is 11.5 Å². The lowest BCUT2D eigenvalue weighted by Gasteiger charge is -2.28. The molecule has 5 aromatic rings. The molecule has 10 nitrogen and oxygen atoms in total. The molecule has 2 N–H and O–H groups in total. The van der Waals surface area contributed by atoms with Gasteiger partial charge in [-0.3, -0.25) is 15.1 Å². The molecule has 5 aromatic heterocycles. The summed E-state index contributed by atoms with van der Waals surface area (Å²) in [6.45, 7) is 6.00. The quantitative estimate of drug-likeness (QED) is 0.407. The highest BCUT2D eigenvalue weighted by molar-refractivity contribution is 5.84. The van der Waals surface area contributed by atoms with Crippen LogP contribution in [-0.2, 0) is 13.1 Å². The number of hydrogen-bond acceptors (Lipinski definition) is 8. The predicted molar refractivity (Wildman–Crippen MR) is 137 cm³/mol. The maximum atomic E-state index is 4.96. The van der Waals surface area contributed by atoms with E-state index in [9.17, 15) is 0 Å². The number of aromatic nitrogens is 8. The van der Waals surface area contributed by atoms with E-state index in [2.05, 4.69) is 37.5 Å². The number of aryl methyl sites for hydroxylation is 1. The van der Waals surface area contributed by atoms with E-state index >= 15 is 0 Å². The standard InChI is InChI=1S/C26H24N10/c1-16-3-2-4-22(30-16)25-19(14-29-33-25)20-5-6-21-23(31-20)11-18(13-28-21)35-9-10-36-24(15-35)32-26(34-36)17-7-8-27-12-17/h2-7,11,13-14,27H,8-10,12,15H2,1H3,(H,29,33). The van der Waals surface area contributed by atoms with E-state index in [1.54, 1.807) is 0 Å². The molecule has 0 aliphatic carbocycles. The van der Waals surface area contributed by atoms with Gasteiger partial charge in [-0.15, -0.1) is 0 Å². The summed E-state index contributed by atoms with van der Waals surface area (Å²) in [7, 11) is 0. The van der Waals surface area contributed by atoms with Crippen molar-refractivity contribution in [1.82, 2.24) is 45.2 Å². The van der Waals surface area contributed by atoms with Gasteiger partial charge in [-0.25, -0.2) is 14.6 Å². The number of hydrogen-bond donors (Lipinski definition) is 2. The highest BCUT2D eigenvalue weighted by Crippen LogP contribution is 2.30. The molecule has 10 heteroatoms. The van der Waals surface area contributed by atoms with E-state index in [1.165, 1.54) is 5.57 Å². The van der Waals surface area contributed by atoms with Crippen molar-refractivity contribution >= 4 is 22.3 Å². The van der Waals surface area contributed by atoms with Gasteiger partial charge in [0.2, 0.25) is 0 Å². The largest absolute Gasteiger partial charge is 0.361 e. The average Bonchev–Trinajstić information content (AvgIpc) is 3.68. The molecule has 178 valence electrons. The second-order valence-electron chi connectivity index (χ2n) is 9.10. The normalized spacial score (nSPS) is 15.4. The molecule has 0 radical (unpaired) electrons. The Morgan fingerprint density at radius 2 is 1.94 bits per heavy atom. The fraction of sp³-hybridized carbons (Fsp3) is 0.231. The predicted octanol–water partition coefficient (Wildman–Crippen LogP) is 2.99. The Morgan fingerprint density at radius 1 is 0.972 bits per heavy atom. The minimum absolute atomic E-state index is 0.686. The Hall–Kier alpha value is -4.44. The van der Waals surface area contributed by atoms with E-state index in [0.717, 1.165) is 82.9 Å². The molecule has 0 aromatic carbocycles. The second kappa shape index (κ2) is 8.35. The number of H-pyrrole nitrogens is 1. The number of aromatic amines is 1. The zero-order chi connectivity index (χ0) is 24.1. The number of anilines is 1. The monoisotopic (exact) mass is 476 g/mol. The van der Waals surface area contributed by atoms with Crippen molar-refractivity contribution in [3.8, 4) is 22.6 Å². The van der Waals surface area contributed by atoms with Crippen LogP contribution in [0.5, 0.6) is 0 Å². The lowest BCUT2D eigenvalue weighted by Crippen LogP contribution is -2.34. The molecule has 0 amide bonds. The third-order valence-electron chi connectivity index (χ3n) is 6.69. The fourth-order valence-electron chi connectivity index (χ4n) is 4.81. The molecule has 0 saturated carbocycles. The van der Waals surface area contributed by atoms with Gasteiger partial charge in [0.15, 0.2) is 5.82 Å². The molecule has 0 spiro atoms. The van der Waals surface area contributed by atoms with Gasteiger partial charge in [-0.2, -0.15) is 10.2 Å². The zero-order valence-electron chi connectivity index (χ0n) is 19.8. The first-order valence-corrected chi connectivity index (χ1v) is 12.0. The summed E-state index contributed by atoms with van der Waals surface area (Å²) in [5, 5.41) is 15.5. The number of nitrogens with zero attached hydrogens (tertiary/aromatic N) is 8. The lowest BCUT2D eigenvalue weighted by molar-refractivity contribution is 0.512. The summed E-state index contributed by atoms with van der Waals surface area (Å²) >= 11 is 0. The van der Waals surface area contributed by atoms with Crippen LogP contribution < -0.4 is 10.2 Å². The van der Waals surface area contributed by atoms with Crippen molar-refractivity contribution in [3.63, 3.8) is 0 Å². The molecule has 0 fully saturated rings. The minimum Gasteiger partial charge on any atom is -0.361 e. The third-order valence-corrected chi connectivity index (χ3v) is 6.69. The van der Waals surface area contributed by atoms with Crippen molar-refractivity contribution in [2.45, 2.75) is 20.0 Å². The van der Waals surface area contributed by atoms with Gasteiger partial charge < -0.3 is 10.2 Å². The molecule has 0 atom stereocenters. The summed E-state index contributed by atoms with van der Waals surface area (Å²) in [6.07, 6.45) is 5.95. The third kappa shape index (κ3) is 3.62. The van der Waals surface area contributed by atoms with Crippen LogP contribution in [0.25, 0.3) is 39.3 Å². The molecule has 0 unspecified atom stereocenters. The Kier molecular flexibility index (Phi) is 4.84. The number of pyridine rings is 3. The Morgan fingerprint density at radius 3 is 2.83 bits per heavy atom. The molecule has 7 heterocycles. The minimum atomic E-state index is 0.686. The number of nitrogens with one attached hydrogen (secondary N) is 2. The van der Waals surface area contributed by atoms with Crippen molar-refractivity contribution in [2.24, 2.45) is 0 Å². The lowest BCUT2D eigenvalue weighted by atomic mass is 10.1. The van der Waals surface area contributed by atoms with Crippen LogP contribution in [0.2, 0.25) is 0 Å². The van der Waals surface area contributed by atoms with Gasteiger partial charge in [0, 0.05) is 42.7 Å². The second-order valence-corrected chi connectivity index (χ2v) is 9.10. The van der Waals surface area contributed by atoms with Crippen LogP contribution in [0.1, 0.15) is 17.3 Å². The van der Waals surface area contributed by atoms with Crippen LogP contribution in [-0.4, -0.2) is 59.5 Å². The Bertz CT molecular complexity index is 1630. The smallest absolute Gasteiger partial charge is 0.178 e. The van der Waals surface area contributed by atoms with Gasteiger partial charge in [0.05, 0.1) is 47.4 Å². The molecular formula is C26H24N10. The fourth-order valence-corrected chi connectivity index (χ4v) is 4.81. The van der Waals surface area contributed by atoms with Gasteiger partial charge >= 0.3 is 0 Å². The molecular weight excluding hydrogens is 452 g/mol. The van der Waals surface area contributed by atoms with Crippen molar-refractivity contribution in [3.05, 3.63) is 72.2 Å². The molecule has 2 aliphatic rings. The van der Waals surface area contributed by atoms with E-state index in [-0.39, 0.29) is 0 Å². The maximum absolute atomic E-state index is 4.96. The first kappa shape index (κ1) is 20.9. The summed E-state index contributed by atoms with van der Waals surface area (Å²) in [5.41, 5.74) is 8.18. The van der Waals surface area contributed by atoms with E-state index in [4.69, 9.17) is 20.1 Å². The Balaban J connectivity index is 1.20. The topological polar surface area (TPSA) is 113 Å². The van der Waals surface area contributed by atoms with Crippen molar-refractivity contribution < 1.29 is 0 Å². The van der Waals surface area contributed by atoms with Crippen molar-refractivity contribution in [2.75, 3.05) is 24.5 Å². The molecule has 2 aliphatic heterocycles. The van der Waals surface area contributed by atoms with Crippen molar-refractivity contribution in [1.29, 1.82) is 0 Å². The van der Waals surface area contributed by atoms with Crippen LogP contribution in [0.3, 0.4) is 0 Å². The Labute approximate surface area is 207 Å². The highest BCUT2D eigenvalue weighted by Gasteiger charge is 2.23. The molecule has 36 heavy (non-hydrogen) atoms. The zero-order valence-corrected chi connectivity index (χ0v) is 19.8. The molecule has 7 rings (SSSR count). The van der Waals surface area contributed by atoms with Gasteiger partial charge in [-0.1, -0.05) is 12.1 Å². The van der Waals surface area contributed by atoms with Crippen LogP contribution in [0.15, 0.2) is 54.9 Å². The van der Waals surface area contributed by atoms with E-state index in [0.29, 0.717) is 6.54 Å². The summed E-state index contributed by atoms with van der Waals surface area (Å²) in [4.78, 5) is 21.4. The number of fused-ring (bicyclic) bond motifs is 2. The van der Waals surface area contributed by atoms with E-state index < -0.39 is 0 Å². The molecule has 0 bridgehead atoms. The van der Waals surface area contributed by atoms with Crippen LogP contribution in [0.4, 0.5) is 5.69 Å². The number of rotatable bonds is 4. The van der Waals surface area contributed by atoms with Crippen LogP contribution in [0, 0.1) is 6.92 Å². The van der Waals surface area contributed by atoms with Gasteiger partial charge in [-0.05, 0) is 37.3 Å². The highest BCUT2D eigenvalue weighted by atomic mass is 15.4. The SMILES string of the molecule is Cc1cccc(-c2n[nH]cc2-c2ccc3ncc(N4CCn5nc(C6=CCNC6)nc5C4)cc3n2)n1. The first-order valence-electron chi connectivity index (χ1n) is 12.0. The summed E-state index contributed by atoms with van der Waals surface area (Å²) < 4.78 is 2.02. The summed E-state index contributed by atoms with van der Waals surface area (Å²) in [5.74, 6) is 1.80. The van der Waals surface area contributed by atoms with E-state index in [1.807, 2.05) is 54.3 Å². The summed E-state index contributed by atoms with van der Waals surface area (Å²) in [6, 6.07) is 12.0. The first-order chi connectivity index (χ1) is 17.7. The average molecular weight is 477 g/mol. The van der Waals surface area contributed by atoms with Crippen LogP contribution >= 0.6 is 0 Å². The molecule has 0 saturated heterocycles. The maximum Gasteiger partial charge on any atom is 0.178 e.